The zero-order valence-electron chi connectivity index (χ0n) is 8.46. The molecule has 2 rings (SSSR count). The van der Waals surface area contributed by atoms with Gasteiger partial charge in [-0.25, -0.2) is 4.39 Å². The zero-order valence-corrected chi connectivity index (χ0v) is 9.73. The molecule has 0 aromatic heterocycles. The molecule has 2 N–H and O–H groups in total. The van der Waals surface area contributed by atoms with Gasteiger partial charge in [-0.05, 0) is 13.0 Å². The van der Waals surface area contributed by atoms with Crippen molar-refractivity contribution in [3.63, 3.8) is 0 Å². The number of aryl methyl sites for hydroxylation is 1. The summed E-state index contributed by atoms with van der Waals surface area (Å²) >= 11 is 0. The zero-order chi connectivity index (χ0) is 10.1. The minimum atomic E-state index is -0.424. The summed E-state index contributed by atoms with van der Waals surface area (Å²) in [6.07, 6.45) is 0.293. The van der Waals surface area contributed by atoms with Crippen molar-refractivity contribution in [2.75, 3.05) is 6.54 Å². The van der Waals surface area contributed by atoms with Crippen LogP contribution in [0, 0.1) is 18.8 Å². The van der Waals surface area contributed by atoms with Crippen molar-refractivity contribution in [1.29, 1.82) is 0 Å². The van der Waals surface area contributed by atoms with Crippen LogP contribution < -0.4 is 5.32 Å². The fourth-order valence-corrected chi connectivity index (χ4v) is 1.87. The molecule has 0 amide bonds. The molecule has 15 heavy (non-hydrogen) atoms. The van der Waals surface area contributed by atoms with E-state index in [2.05, 4.69) is 11.4 Å². The van der Waals surface area contributed by atoms with E-state index in [1.54, 1.807) is 6.92 Å². The third-order valence-corrected chi connectivity index (χ3v) is 2.51. The van der Waals surface area contributed by atoms with Crippen LogP contribution in [0.2, 0.25) is 0 Å². The van der Waals surface area contributed by atoms with Crippen LogP contribution in [-0.2, 0) is 17.4 Å². The summed E-state index contributed by atoms with van der Waals surface area (Å²) in [4.78, 5) is 0. The van der Waals surface area contributed by atoms with Gasteiger partial charge in [-0.3, -0.25) is 0 Å². The van der Waals surface area contributed by atoms with Crippen molar-refractivity contribution in [1.82, 2.24) is 5.32 Å². The summed E-state index contributed by atoms with van der Waals surface area (Å²) in [5, 5.41) is 12.7. The molecule has 0 aliphatic carbocycles. The Morgan fingerprint density at radius 3 is 2.80 bits per heavy atom. The van der Waals surface area contributed by atoms with E-state index in [0.29, 0.717) is 12.0 Å². The smallest absolute Gasteiger partial charge is 0.0726 e. The average Bonchev–Trinajstić information content (AvgIpc) is 2.49. The van der Waals surface area contributed by atoms with Gasteiger partial charge in [0.15, 0.2) is 0 Å². The van der Waals surface area contributed by atoms with Crippen LogP contribution in [0.25, 0.3) is 0 Å². The van der Waals surface area contributed by atoms with E-state index in [-0.39, 0.29) is 29.2 Å². The summed E-state index contributed by atoms with van der Waals surface area (Å²) in [6.45, 7) is 2.57. The minimum absolute atomic E-state index is 0. The van der Waals surface area contributed by atoms with Crippen molar-refractivity contribution in [3.8, 4) is 0 Å². The first-order chi connectivity index (χ1) is 6.66. The molecule has 0 saturated carbocycles. The number of hydrogen-bond donors (Lipinski definition) is 2. The van der Waals surface area contributed by atoms with Gasteiger partial charge in [0.05, 0.1) is 6.10 Å². The first-order valence-corrected chi connectivity index (χ1v) is 4.77. The number of aliphatic hydroxyl groups excluding tert-OH is 1. The van der Waals surface area contributed by atoms with Gasteiger partial charge in [0.25, 0.3) is 0 Å². The molecule has 82 valence electrons. The average molecular weight is 246 g/mol. The topological polar surface area (TPSA) is 32.3 Å². The summed E-state index contributed by atoms with van der Waals surface area (Å²) in [5.74, 6) is -0.267. The second kappa shape index (κ2) is 5.09. The molecule has 2 atom stereocenters. The number of hydrogen-bond acceptors (Lipinski definition) is 2. The monoisotopic (exact) mass is 246 g/mol. The fourth-order valence-electron chi connectivity index (χ4n) is 1.87. The van der Waals surface area contributed by atoms with E-state index < -0.39 is 6.10 Å². The largest absolute Gasteiger partial charge is 0.391 e. The van der Waals surface area contributed by atoms with Crippen molar-refractivity contribution in [2.24, 2.45) is 0 Å². The Morgan fingerprint density at radius 2 is 2.27 bits per heavy atom. The van der Waals surface area contributed by atoms with Crippen LogP contribution in [0.15, 0.2) is 12.1 Å². The maximum atomic E-state index is 13.1. The Bertz CT molecular complexity index is 325. The van der Waals surface area contributed by atoms with E-state index >= 15 is 0 Å². The van der Waals surface area contributed by atoms with Gasteiger partial charge in [-0.2, -0.15) is 11.6 Å². The first kappa shape index (κ1) is 12.7. The SMILES string of the molecule is Cc1[c-]c(C2NCCC2O)cc(F)c1.[Cr]. The second-order valence-corrected chi connectivity index (χ2v) is 3.72. The molecule has 0 radical (unpaired) electrons. The van der Waals surface area contributed by atoms with Crippen LogP contribution in [0.3, 0.4) is 0 Å². The molecule has 1 aliphatic heterocycles. The molecule has 1 aromatic rings. The van der Waals surface area contributed by atoms with Crippen LogP contribution in [0.4, 0.5) is 4.39 Å². The molecule has 2 nitrogen and oxygen atoms in total. The standard InChI is InChI=1S/C11H13FNO.Cr/c1-7-4-8(6-9(12)5-7)11-10(14)2-3-13-11;/h5-6,10-11,13-14H,2-3H2,1H3;/q-1;. The molecule has 4 heteroatoms. The summed E-state index contributed by atoms with van der Waals surface area (Å²) < 4.78 is 13.1. The van der Waals surface area contributed by atoms with Crippen molar-refractivity contribution in [3.05, 3.63) is 35.1 Å². The Balaban J connectivity index is 0.00000112. The van der Waals surface area contributed by atoms with E-state index in [0.717, 1.165) is 12.1 Å². The van der Waals surface area contributed by atoms with E-state index in [9.17, 15) is 9.50 Å². The van der Waals surface area contributed by atoms with E-state index in [4.69, 9.17) is 0 Å². The molecular formula is C11H13CrFNO-. The van der Waals surface area contributed by atoms with Gasteiger partial charge in [-0.1, -0.05) is 6.92 Å². The number of nitrogens with one attached hydrogen (secondary N) is 1. The maximum Gasteiger partial charge on any atom is 0.0726 e. The summed E-state index contributed by atoms with van der Waals surface area (Å²) in [6, 6.07) is 5.76. The number of rotatable bonds is 1. The Labute approximate surface area is 99.6 Å². The van der Waals surface area contributed by atoms with Crippen LogP contribution in [0.1, 0.15) is 23.6 Å². The quantitative estimate of drug-likeness (QED) is 0.733. The molecule has 1 aliphatic rings. The molecule has 0 spiro atoms. The summed E-state index contributed by atoms with van der Waals surface area (Å²) in [7, 11) is 0. The predicted molar refractivity (Wildman–Crippen MR) is 51.3 cm³/mol. The molecule has 0 bridgehead atoms. The van der Waals surface area contributed by atoms with Crippen molar-refractivity contribution >= 4 is 0 Å². The second-order valence-electron chi connectivity index (χ2n) is 3.72. The Kier molecular flexibility index (Phi) is 4.30. The van der Waals surface area contributed by atoms with Gasteiger partial charge in [0.1, 0.15) is 0 Å². The molecule has 1 saturated heterocycles. The summed E-state index contributed by atoms with van der Waals surface area (Å²) in [5.41, 5.74) is 1.48. The molecule has 1 aromatic carbocycles. The molecule has 1 fully saturated rings. The minimum Gasteiger partial charge on any atom is -0.391 e. The fraction of sp³-hybridized carbons (Fsp3) is 0.455. The van der Waals surface area contributed by atoms with Crippen LogP contribution in [0.5, 0.6) is 0 Å². The third-order valence-electron chi connectivity index (χ3n) is 2.51. The molecule has 1 heterocycles. The van der Waals surface area contributed by atoms with Gasteiger partial charge in [0, 0.05) is 29.2 Å². The predicted octanol–water partition coefficient (Wildman–Crippen LogP) is 1.33. The van der Waals surface area contributed by atoms with E-state index in [1.807, 2.05) is 0 Å². The van der Waals surface area contributed by atoms with Crippen LogP contribution in [-0.4, -0.2) is 17.8 Å². The van der Waals surface area contributed by atoms with Gasteiger partial charge >= 0.3 is 0 Å². The van der Waals surface area contributed by atoms with Gasteiger partial charge in [0.2, 0.25) is 0 Å². The number of aliphatic hydroxyl groups is 1. The number of halogens is 1. The molecule has 2 unspecified atom stereocenters. The van der Waals surface area contributed by atoms with E-state index in [1.165, 1.54) is 12.1 Å². The first-order valence-electron chi connectivity index (χ1n) is 4.77. The molecular weight excluding hydrogens is 233 g/mol. The number of benzene rings is 1. The van der Waals surface area contributed by atoms with Crippen LogP contribution >= 0.6 is 0 Å². The van der Waals surface area contributed by atoms with Gasteiger partial charge in [-0.15, -0.1) is 17.7 Å². The Morgan fingerprint density at radius 1 is 1.53 bits per heavy atom. The third kappa shape index (κ3) is 2.79. The van der Waals surface area contributed by atoms with Crippen molar-refractivity contribution in [2.45, 2.75) is 25.5 Å². The Hall–Kier alpha value is -0.398. The normalized spacial score (nSPS) is 25.0. The van der Waals surface area contributed by atoms with Gasteiger partial charge < -0.3 is 10.4 Å². The maximum absolute atomic E-state index is 13.1. The van der Waals surface area contributed by atoms with Crippen molar-refractivity contribution < 1.29 is 26.9 Å².